The van der Waals surface area contributed by atoms with Crippen molar-refractivity contribution in [1.29, 1.82) is 0 Å². The van der Waals surface area contributed by atoms with Crippen molar-refractivity contribution in [3.63, 3.8) is 0 Å². The Hall–Kier alpha value is -1.68. The Morgan fingerprint density at radius 1 is 1.10 bits per heavy atom. The Balaban J connectivity index is 2.24. The lowest BCUT2D eigenvalue weighted by Crippen LogP contribution is -2.11. The first-order valence-electron chi connectivity index (χ1n) is 6.47. The number of rotatable bonds is 3. The summed E-state index contributed by atoms with van der Waals surface area (Å²) in [6, 6.07) is 11.3. The van der Waals surface area contributed by atoms with Gasteiger partial charge in [-0.1, -0.05) is 29.8 Å². The topological polar surface area (TPSA) is 12.0 Å². The molecule has 112 valence electrons. The molecule has 5 heteroatoms. The zero-order valence-corrected chi connectivity index (χ0v) is 12.4. The van der Waals surface area contributed by atoms with E-state index < -0.39 is 11.7 Å². The molecule has 0 amide bonds. The molecular formula is C16H15ClF3N. The van der Waals surface area contributed by atoms with E-state index in [1.165, 1.54) is 13.0 Å². The summed E-state index contributed by atoms with van der Waals surface area (Å²) in [5.41, 5.74) is 0.936. The minimum absolute atomic E-state index is 0.146. The van der Waals surface area contributed by atoms with Crippen molar-refractivity contribution < 1.29 is 13.2 Å². The third-order valence-electron chi connectivity index (χ3n) is 3.27. The Bertz CT molecular complexity index is 638. The predicted molar refractivity (Wildman–Crippen MR) is 79.7 cm³/mol. The van der Waals surface area contributed by atoms with Crippen molar-refractivity contribution in [1.82, 2.24) is 0 Å². The Morgan fingerprint density at radius 2 is 1.81 bits per heavy atom. The first kappa shape index (κ1) is 15.7. The highest BCUT2D eigenvalue weighted by atomic mass is 35.5. The van der Waals surface area contributed by atoms with Crippen LogP contribution in [0.2, 0.25) is 5.02 Å². The minimum atomic E-state index is -4.35. The van der Waals surface area contributed by atoms with Gasteiger partial charge >= 0.3 is 6.18 Å². The van der Waals surface area contributed by atoms with Gasteiger partial charge in [-0.25, -0.2) is 0 Å². The molecule has 0 saturated heterocycles. The average Bonchev–Trinajstić information content (AvgIpc) is 2.39. The maximum atomic E-state index is 12.9. The molecule has 0 aliphatic heterocycles. The third-order valence-corrected chi connectivity index (χ3v) is 3.51. The summed E-state index contributed by atoms with van der Waals surface area (Å²) < 4.78 is 38.7. The lowest BCUT2D eigenvalue weighted by atomic mass is 10.1. The molecule has 2 aromatic rings. The van der Waals surface area contributed by atoms with Crippen LogP contribution >= 0.6 is 11.6 Å². The van der Waals surface area contributed by atoms with Gasteiger partial charge in [0.05, 0.1) is 5.56 Å². The zero-order valence-electron chi connectivity index (χ0n) is 11.6. The molecule has 1 nitrogen and oxygen atoms in total. The number of benzene rings is 2. The van der Waals surface area contributed by atoms with E-state index >= 15 is 0 Å². The molecule has 2 rings (SSSR count). The number of halogens is 4. The second-order valence-electron chi connectivity index (χ2n) is 4.95. The van der Waals surface area contributed by atoms with Gasteiger partial charge in [0.15, 0.2) is 0 Å². The van der Waals surface area contributed by atoms with Crippen LogP contribution in [-0.4, -0.2) is 0 Å². The zero-order chi connectivity index (χ0) is 15.6. The summed E-state index contributed by atoms with van der Waals surface area (Å²) in [6.07, 6.45) is -4.35. The van der Waals surface area contributed by atoms with E-state index in [0.717, 1.165) is 11.6 Å². The van der Waals surface area contributed by atoms with E-state index in [1.807, 2.05) is 19.1 Å². The Morgan fingerprint density at radius 3 is 2.43 bits per heavy atom. The summed E-state index contributed by atoms with van der Waals surface area (Å²) >= 11 is 5.92. The van der Waals surface area contributed by atoms with Gasteiger partial charge in [0.25, 0.3) is 0 Å². The molecule has 0 spiro atoms. The fourth-order valence-corrected chi connectivity index (χ4v) is 2.33. The smallest absolute Gasteiger partial charge is 0.379 e. The molecule has 0 fully saturated rings. The molecule has 1 N–H and O–H groups in total. The number of hydrogen-bond donors (Lipinski definition) is 1. The highest BCUT2D eigenvalue weighted by molar-refractivity contribution is 6.30. The predicted octanol–water partition coefficient (Wildman–Crippen LogP) is 5.84. The van der Waals surface area contributed by atoms with E-state index in [1.54, 1.807) is 18.2 Å². The maximum absolute atomic E-state index is 12.9. The molecule has 0 aliphatic rings. The van der Waals surface area contributed by atoms with E-state index in [4.69, 9.17) is 11.6 Å². The number of nitrogens with one attached hydrogen (secondary N) is 1. The normalized spacial score (nSPS) is 13.0. The van der Waals surface area contributed by atoms with Crippen LogP contribution < -0.4 is 5.32 Å². The van der Waals surface area contributed by atoms with E-state index in [2.05, 4.69) is 5.32 Å². The molecule has 0 heterocycles. The van der Waals surface area contributed by atoms with Crippen molar-refractivity contribution >= 4 is 17.3 Å². The highest BCUT2D eigenvalue weighted by Gasteiger charge is 2.32. The van der Waals surface area contributed by atoms with E-state index in [9.17, 15) is 13.2 Å². The first-order chi connectivity index (χ1) is 9.77. The van der Waals surface area contributed by atoms with Gasteiger partial charge in [-0.15, -0.1) is 0 Å². The SMILES string of the molecule is Cc1ccc(NC(C)c2cccc(Cl)c2)cc1C(F)(F)F. The molecule has 1 unspecified atom stereocenters. The number of hydrogen-bond acceptors (Lipinski definition) is 1. The molecule has 21 heavy (non-hydrogen) atoms. The van der Waals surface area contributed by atoms with Crippen LogP contribution in [0.5, 0.6) is 0 Å². The molecule has 2 aromatic carbocycles. The molecular weight excluding hydrogens is 299 g/mol. The molecule has 0 radical (unpaired) electrons. The second-order valence-corrected chi connectivity index (χ2v) is 5.38. The fourth-order valence-electron chi connectivity index (χ4n) is 2.13. The van der Waals surface area contributed by atoms with Crippen molar-refractivity contribution in [3.8, 4) is 0 Å². The van der Waals surface area contributed by atoms with E-state index in [0.29, 0.717) is 10.7 Å². The van der Waals surface area contributed by atoms with Gasteiger partial charge in [-0.2, -0.15) is 13.2 Å². The van der Waals surface area contributed by atoms with Crippen LogP contribution in [0.3, 0.4) is 0 Å². The average molecular weight is 314 g/mol. The monoisotopic (exact) mass is 313 g/mol. The maximum Gasteiger partial charge on any atom is 0.416 e. The molecule has 0 bridgehead atoms. The quantitative estimate of drug-likeness (QED) is 0.750. The molecule has 0 aliphatic carbocycles. The molecule has 0 aromatic heterocycles. The lowest BCUT2D eigenvalue weighted by molar-refractivity contribution is -0.138. The Kier molecular flexibility index (Phi) is 4.47. The van der Waals surface area contributed by atoms with Gasteiger partial charge in [-0.05, 0) is 49.2 Å². The number of aryl methyl sites for hydroxylation is 1. The van der Waals surface area contributed by atoms with Gasteiger partial charge in [0.2, 0.25) is 0 Å². The third kappa shape index (κ3) is 3.91. The van der Waals surface area contributed by atoms with Crippen LogP contribution in [-0.2, 0) is 6.18 Å². The van der Waals surface area contributed by atoms with Crippen LogP contribution in [0.15, 0.2) is 42.5 Å². The van der Waals surface area contributed by atoms with Crippen LogP contribution in [0.4, 0.5) is 18.9 Å². The summed E-state index contributed by atoms with van der Waals surface area (Å²) in [5, 5.41) is 3.66. The van der Waals surface area contributed by atoms with E-state index in [-0.39, 0.29) is 11.6 Å². The second kappa shape index (κ2) is 5.98. The Labute approximate surface area is 126 Å². The number of anilines is 1. The van der Waals surface area contributed by atoms with Crippen molar-refractivity contribution in [2.45, 2.75) is 26.1 Å². The van der Waals surface area contributed by atoms with Crippen LogP contribution in [0, 0.1) is 6.92 Å². The lowest BCUT2D eigenvalue weighted by Gasteiger charge is -2.18. The standard InChI is InChI=1S/C16H15ClF3N/c1-10-6-7-14(9-15(10)16(18,19)20)21-11(2)12-4-3-5-13(17)8-12/h3-9,11,21H,1-2H3. The van der Waals surface area contributed by atoms with Gasteiger partial charge in [0, 0.05) is 16.8 Å². The van der Waals surface area contributed by atoms with Crippen molar-refractivity contribution in [2.75, 3.05) is 5.32 Å². The first-order valence-corrected chi connectivity index (χ1v) is 6.85. The van der Waals surface area contributed by atoms with Gasteiger partial charge < -0.3 is 5.32 Å². The summed E-state index contributed by atoms with van der Waals surface area (Å²) in [7, 11) is 0. The fraction of sp³-hybridized carbons (Fsp3) is 0.250. The summed E-state index contributed by atoms with van der Waals surface area (Å²) in [6.45, 7) is 3.33. The van der Waals surface area contributed by atoms with Crippen molar-refractivity contribution in [2.24, 2.45) is 0 Å². The highest BCUT2D eigenvalue weighted by Crippen LogP contribution is 2.34. The summed E-state index contributed by atoms with van der Waals surface area (Å²) in [4.78, 5) is 0. The van der Waals surface area contributed by atoms with Gasteiger partial charge in [0.1, 0.15) is 0 Å². The summed E-state index contributed by atoms with van der Waals surface area (Å²) in [5.74, 6) is 0. The molecule has 1 atom stereocenters. The number of alkyl halides is 3. The largest absolute Gasteiger partial charge is 0.416 e. The van der Waals surface area contributed by atoms with Gasteiger partial charge in [-0.3, -0.25) is 0 Å². The molecule has 0 saturated carbocycles. The van der Waals surface area contributed by atoms with Crippen molar-refractivity contribution in [3.05, 3.63) is 64.2 Å². The van der Waals surface area contributed by atoms with Crippen LogP contribution in [0.25, 0.3) is 0 Å². The minimum Gasteiger partial charge on any atom is -0.379 e. The van der Waals surface area contributed by atoms with Crippen LogP contribution in [0.1, 0.15) is 29.7 Å².